The summed E-state index contributed by atoms with van der Waals surface area (Å²) in [5.74, 6) is 1.06. The smallest absolute Gasteiger partial charge is 0.305 e. The zero-order valence-corrected chi connectivity index (χ0v) is 24.8. The van der Waals surface area contributed by atoms with Crippen LogP contribution in [0.5, 0.6) is 23.0 Å². The van der Waals surface area contributed by atoms with Gasteiger partial charge in [-0.1, -0.05) is 24.5 Å². The largest absolute Gasteiger partial charge is 0.506 e. The van der Waals surface area contributed by atoms with Crippen molar-refractivity contribution in [2.75, 3.05) is 20.3 Å². The molecule has 8 heteroatoms. The third kappa shape index (κ3) is 6.69. The number of fused-ring (bicyclic) bond motifs is 3. The van der Waals surface area contributed by atoms with Crippen LogP contribution in [0.2, 0.25) is 0 Å². The van der Waals surface area contributed by atoms with Gasteiger partial charge in [0.25, 0.3) is 0 Å². The number of phenols is 1. The zero-order valence-electron chi connectivity index (χ0n) is 24.8. The van der Waals surface area contributed by atoms with E-state index in [1.54, 1.807) is 32.2 Å². The summed E-state index contributed by atoms with van der Waals surface area (Å²) in [4.78, 5) is 25.5. The van der Waals surface area contributed by atoms with Crippen LogP contribution in [0.25, 0.3) is 28.0 Å². The summed E-state index contributed by atoms with van der Waals surface area (Å²) in [5, 5.41) is 11.6. The summed E-state index contributed by atoms with van der Waals surface area (Å²) in [6.45, 7) is 10.4. The Morgan fingerprint density at radius 2 is 1.80 bits per heavy atom. The molecule has 0 saturated heterocycles. The number of phenolic OH excluding ortho intramolecular Hbond substituents is 1. The van der Waals surface area contributed by atoms with E-state index in [9.17, 15) is 14.7 Å². The summed E-state index contributed by atoms with van der Waals surface area (Å²) in [6.07, 6.45) is 9.83. The molecule has 0 amide bonds. The number of aromatic hydroxyl groups is 1. The molecule has 8 nitrogen and oxygen atoms in total. The number of hydrogen-bond acceptors (Lipinski definition) is 8. The highest BCUT2D eigenvalue weighted by molar-refractivity contribution is 5.99. The lowest BCUT2D eigenvalue weighted by Crippen LogP contribution is -2.27. The van der Waals surface area contributed by atoms with Gasteiger partial charge in [-0.25, -0.2) is 0 Å². The maximum Gasteiger partial charge on any atom is 0.305 e. The van der Waals surface area contributed by atoms with E-state index in [-0.39, 0.29) is 28.1 Å². The Hall–Kier alpha value is -3.94. The Kier molecular flexibility index (Phi) is 9.31. The number of ether oxygens (including phenoxy) is 4. The van der Waals surface area contributed by atoms with Crippen molar-refractivity contribution in [3.05, 3.63) is 51.2 Å². The normalized spacial score (nSPS) is 13.5. The maximum absolute atomic E-state index is 14.0. The van der Waals surface area contributed by atoms with Crippen LogP contribution < -0.4 is 19.6 Å². The van der Waals surface area contributed by atoms with Gasteiger partial charge >= 0.3 is 5.97 Å². The standard InChI is InChI=1S/C33H40O8/c1-7-38-27(34)12-10-8-9-11-17-39-26-19-24-28(22(32(26)37-6)14-13-20(2)3)31(36)29-25(40-24)18-23-21(30(29)35)15-16-33(4,5)41-23/h13,15-16,18-19,35H,7-12,14,17H2,1-6H3. The molecule has 1 aliphatic heterocycles. The molecule has 3 aromatic rings. The van der Waals surface area contributed by atoms with E-state index in [2.05, 4.69) is 0 Å². The Balaban J connectivity index is 1.71. The van der Waals surface area contributed by atoms with E-state index < -0.39 is 5.60 Å². The van der Waals surface area contributed by atoms with Gasteiger partial charge in [0.15, 0.2) is 11.5 Å². The van der Waals surface area contributed by atoms with Crippen LogP contribution in [0, 0.1) is 0 Å². The Labute approximate surface area is 240 Å². The van der Waals surface area contributed by atoms with Crippen LogP contribution in [-0.4, -0.2) is 37.0 Å². The van der Waals surface area contributed by atoms with Gasteiger partial charge in [0, 0.05) is 24.1 Å². The number of allylic oxidation sites excluding steroid dienone is 2. The van der Waals surface area contributed by atoms with Gasteiger partial charge in [-0.2, -0.15) is 0 Å². The number of benzene rings is 2. The van der Waals surface area contributed by atoms with Gasteiger partial charge in [0.1, 0.15) is 33.7 Å². The highest BCUT2D eigenvalue weighted by Crippen LogP contribution is 2.43. The molecular weight excluding hydrogens is 524 g/mol. The number of esters is 1. The topological polar surface area (TPSA) is 104 Å². The van der Waals surface area contributed by atoms with Crippen molar-refractivity contribution in [2.24, 2.45) is 0 Å². The van der Waals surface area contributed by atoms with Crippen molar-refractivity contribution >= 4 is 34.0 Å². The Morgan fingerprint density at radius 3 is 2.51 bits per heavy atom. The number of hydrogen-bond donors (Lipinski definition) is 1. The molecule has 220 valence electrons. The first-order valence-electron chi connectivity index (χ1n) is 14.2. The van der Waals surface area contributed by atoms with Crippen molar-refractivity contribution < 1.29 is 33.3 Å². The SMILES string of the molecule is CCOC(=O)CCCCCCOc1cc2oc3cc4c(c(O)c3c(=O)c2c(CC=C(C)C)c1OC)C=CC(C)(C)O4. The molecule has 0 fully saturated rings. The van der Waals surface area contributed by atoms with Gasteiger partial charge < -0.3 is 28.5 Å². The molecule has 1 aliphatic rings. The minimum absolute atomic E-state index is 0.0983. The summed E-state index contributed by atoms with van der Waals surface area (Å²) >= 11 is 0. The van der Waals surface area contributed by atoms with Gasteiger partial charge in [0.2, 0.25) is 5.43 Å². The van der Waals surface area contributed by atoms with E-state index >= 15 is 0 Å². The number of carbonyl (C=O) groups excluding carboxylic acids is 1. The van der Waals surface area contributed by atoms with E-state index in [4.69, 9.17) is 23.4 Å². The molecule has 0 spiro atoms. The predicted molar refractivity (Wildman–Crippen MR) is 160 cm³/mol. The van der Waals surface area contributed by atoms with Gasteiger partial charge in [-0.3, -0.25) is 9.59 Å². The van der Waals surface area contributed by atoms with Gasteiger partial charge in [0.05, 0.1) is 31.3 Å². The molecule has 0 aliphatic carbocycles. The lowest BCUT2D eigenvalue weighted by Gasteiger charge is -2.28. The van der Waals surface area contributed by atoms with Crippen molar-refractivity contribution in [3.8, 4) is 23.0 Å². The van der Waals surface area contributed by atoms with E-state index in [1.807, 2.05) is 39.8 Å². The predicted octanol–water partition coefficient (Wildman–Crippen LogP) is 7.25. The fourth-order valence-electron chi connectivity index (χ4n) is 5.00. The van der Waals surface area contributed by atoms with Crippen LogP contribution in [0.15, 0.2) is 39.1 Å². The van der Waals surface area contributed by atoms with Gasteiger partial charge in [-0.15, -0.1) is 0 Å². The molecule has 1 N–H and O–H groups in total. The molecule has 0 atom stereocenters. The first-order valence-corrected chi connectivity index (χ1v) is 14.2. The van der Waals surface area contributed by atoms with Gasteiger partial charge in [-0.05, 0) is 66.0 Å². The molecule has 0 unspecified atom stereocenters. The Bertz CT molecular complexity index is 1550. The molecule has 0 radical (unpaired) electrons. The zero-order chi connectivity index (χ0) is 29.7. The molecule has 2 heterocycles. The first kappa shape index (κ1) is 30.0. The molecule has 0 bridgehead atoms. The fourth-order valence-corrected chi connectivity index (χ4v) is 5.00. The maximum atomic E-state index is 14.0. The summed E-state index contributed by atoms with van der Waals surface area (Å²) < 4.78 is 29.2. The lowest BCUT2D eigenvalue weighted by molar-refractivity contribution is -0.143. The number of carbonyl (C=O) groups is 1. The van der Waals surface area contributed by atoms with Crippen molar-refractivity contribution in [2.45, 2.75) is 78.7 Å². The third-order valence-corrected chi connectivity index (χ3v) is 7.03. The molecule has 1 aromatic heterocycles. The minimum Gasteiger partial charge on any atom is -0.506 e. The fraction of sp³-hybridized carbons (Fsp3) is 0.455. The van der Waals surface area contributed by atoms with Crippen LogP contribution in [0.3, 0.4) is 0 Å². The van der Waals surface area contributed by atoms with Crippen molar-refractivity contribution in [3.63, 3.8) is 0 Å². The second-order valence-corrected chi connectivity index (χ2v) is 11.0. The highest BCUT2D eigenvalue weighted by Gasteiger charge is 2.28. The quantitative estimate of drug-likeness (QED) is 0.106. The number of unbranched alkanes of at least 4 members (excludes halogenated alkanes) is 3. The van der Waals surface area contributed by atoms with Crippen LogP contribution in [0.1, 0.15) is 77.8 Å². The first-order chi connectivity index (χ1) is 19.6. The number of rotatable bonds is 12. The van der Waals surface area contributed by atoms with Crippen molar-refractivity contribution in [1.82, 2.24) is 0 Å². The molecular formula is C33H40O8. The van der Waals surface area contributed by atoms with E-state index in [0.29, 0.717) is 65.4 Å². The Morgan fingerprint density at radius 1 is 1.07 bits per heavy atom. The van der Waals surface area contributed by atoms with E-state index in [0.717, 1.165) is 31.3 Å². The average molecular weight is 565 g/mol. The average Bonchev–Trinajstić information content (AvgIpc) is 2.90. The monoisotopic (exact) mass is 564 g/mol. The summed E-state index contributed by atoms with van der Waals surface area (Å²) in [6, 6.07) is 3.34. The van der Waals surface area contributed by atoms with Crippen LogP contribution in [-0.2, 0) is 16.0 Å². The summed E-state index contributed by atoms with van der Waals surface area (Å²) in [7, 11) is 1.55. The van der Waals surface area contributed by atoms with E-state index in [1.165, 1.54) is 0 Å². The molecule has 4 rings (SSSR count). The second-order valence-electron chi connectivity index (χ2n) is 11.0. The number of methoxy groups -OCH3 is 1. The van der Waals surface area contributed by atoms with Crippen molar-refractivity contribution in [1.29, 1.82) is 0 Å². The molecule has 2 aromatic carbocycles. The molecule has 0 saturated carbocycles. The lowest BCUT2D eigenvalue weighted by atomic mass is 9.97. The third-order valence-electron chi connectivity index (χ3n) is 7.03. The summed E-state index contributed by atoms with van der Waals surface area (Å²) in [5.41, 5.74) is 1.84. The second kappa shape index (κ2) is 12.7. The van der Waals surface area contributed by atoms with Crippen LogP contribution in [0.4, 0.5) is 0 Å². The molecule has 41 heavy (non-hydrogen) atoms. The highest BCUT2D eigenvalue weighted by atomic mass is 16.5. The van der Waals surface area contributed by atoms with Crippen LogP contribution >= 0.6 is 0 Å². The minimum atomic E-state index is -0.561.